The van der Waals surface area contributed by atoms with E-state index >= 15 is 0 Å². The van der Waals surface area contributed by atoms with Gasteiger partial charge in [0.1, 0.15) is 6.10 Å². The topological polar surface area (TPSA) is 34.1 Å². The van der Waals surface area contributed by atoms with Crippen LogP contribution in [0.25, 0.3) is 0 Å². The van der Waals surface area contributed by atoms with Gasteiger partial charge in [-0.1, -0.05) is 18.9 Å². The van der Waals surface area contributed by atoms with Crippen LogP contribution in [0.5, 0.6) is 5.88 Å². The van der Waals surface area contributed by atoms with Crippen molar-refractivity contribution in [3.63, 3.8) is 0 Å². The van der Waals surface area contributed by atoms with E-state index < -0.39 is 0 Å². The quantitative estimate of drug-likeness (QED) is 0.869. The zero-order valence-electron chi connectivity index (χ0n) is 10.2. The first-order valence-corrected chi connectivity index (χ1v) is 6.76. The second kappa shape index (κ2) is 5.05. The summed E-state index contributed by atoms with van der Waals surface area (Å²) in [6.45, 7) is 2.02. The van der Waals surface area contributed by atoms with Gasteiger partial charge < -0.3 is 10.1 Å². The summed E-state index contributed by atoms with van der Waals surface area (Å²) in [5.41, 5.74) is 1.33. The van der Waals surface area contributed by atoms with Crippen molar-refractivity contribution in [3.8, 4) is 5.88 Å². The Hall–Kier alpha value is -1.09. The number of ether oxygens (including phenoxy) is 1. The van der Waals surface area contributed by atoms with Crippen molar-refractivity contribution >= 4 is 0 Å². The zero-order valence-corrected chi connectivity index (χ0v) is 10.2. The van der Waals surface area contributed by atoms with Gasteiger partial charge in [0.05, 0.1) is 0 Å². The number of hydrogen-bond donors (Lipinski definition) is 1. The summed E-state index contributed by atoms with van der Waals surface area (Å²) in [7, 11) is 0. The van der Waals surface area contributed by atoms with E-state index in [1.54, 1.807) is 0 Å². The molecular weight excluding hydrogens is 212 g/mol. The smallest absolute Gasteiger partial charge is 0.217 e. The van der Waals surface area contributed by atoms with Gasteiger partial charge in [0, 0.05) is 18.3 Å². The Morgan fingerprint density at radius 1 is 1.24 bits per heavy atom. The van der Waals surface area contributed by atoms with Gasteiger partial charge in [-0.05, 0) is 37.8 Å². The lowest BCUT2D eigenvalue weighted by Gasteiger charge is -2.17. The van der Waals surface area contributed by atoms with E-state index in [9.17, 15) is 0 Å². The Labute approximate surface area is 103 Å². The fourth-order valence-corrected chi connectivity index (χ4v) is 2.94. The summed E-state index contributed by atoms with van der Waals surface area (Å²) in [6, 6.07) is 4.23. The van der Waals surface area contributed by atoms with Gasteiger partial charge in [0.2, 0.25) is 5.88 Å². The maximum atomic E-state index is 6.05. The second-order valence-electron chi connectivity index (χ2n) is 5.11. The molecule has 0 radical (unpaired) electrons. The first-order chi connectivity index (χ1) is 8.43. The van der Waals surface area contributed by atoms with E-state index in [2.05, 4.69) is 16.4 Å². The summed E-state index contributed by atoms with van der Waals surface area (Å²) in [4.78, 5) is 4.44. The number of aromatic nitrogens is 1. The number of nitrogens with one attached hydrogen (secondary N) is 1. The van der Waals surface area contributed by atoms with Gasteiger partial charge in [-0.15, -0.1) is 0 Å². The highest BCUT2D eigenvalue weighted by Gasteiger charge is 2.23. The molecule has 17 heavy (non-hydrogen) atoms. The van der Waals surface area contributed by atoms with E-state index in [1.165, 1.54) is 31.2 Å². The molecular formula is C14H20N2O. The van der Waals surface area contributed by atoms with Crippen LogP contribution in [0.1, 0.15) is 43.6 Å². The summed E-state index contributed by atoms with van der Waals surface area (Å²) >= 11 is 0. The van der Waals surface area contributed by atoms with Gasteiger partial charge in [0.25, 0.3) is 0 Å². The number of hydrogen-bond acceptors (Lipinski definition) is 3. The lowest BCUT2D eigenvalue weighted by Crippen LogP contribution is -2.21. The maximum absolute atomic E-state index is 6.05. The SMILES string of the molecule is c1cnc(OC2CCNC2)c(C2CCCC2)c1. The molecule has 0 amide bonds. The number of pyridine rings is 1. The van der Waals surface area contributed by atoms with Crippen molar-refractivity contribution in [2.75, 3.05) is 13.1 Å². The molecule has 1 aromatic rings. The third-order valence-corrected chi connectivity index (χ3v) is 3.89. The molecule has 92 valence electrons. The van der Waals surface area contributed by atoms with Crippen molar-refractivity contribution in [2.24, 2.45) is 0 Å². The lowest BCUT2D eigenvalue weighted by atomic mass is 9.99. The van der Waals surface area contributed by atoms with Gasteiger partial charge in [-0.3, -0.25) is 0 Å². The fraction of sp³-hybridized carbons (Fsp3) is 0.643. The molecule has 3 nitrogen and oxygen atoms in total. The third kappa shape index (κ3) is 2.44. The van der Waals surface area contributed by atoms with Crippen LogP contribution in [0.4, 0.5) is 0 Å². The molecule has 0 spiro atoms. The molecule has 3 heteroatoms. The Morgan fingerprint density at radius 3 is 2.88 bits per heavy atom. The van der Waals surface area contributed by atoms with E-state index in [4.69, 9.17) is 4.74 Å². The van der Waals surface area contributed by atoms with Crippen molar-refractivity contribution < 1.29 is 4.74 Å². The molecule has 1 saturated heterocycles. The Kier molecular flexibility index (Phi) is 3.27. The van der Waals surface area contributed by atoms with Crippen molar-refractivity contribution in [2.45, 2.75) is 44.1 Å². The fourth-order valence-electron chi connectivity index (χ4n) is 2.94. The van der Waals surface area contributed by atoms with E-state index in [-0.39, 0.29) is 0 Å². The third-order valence-electron chi connectivity index (χ3n) is 3.89. The highest BCUT2D eigenvalue weighted by atomic mass is 16.5. The molecule has 3 rings (SSSR count). The average molecular weight is 232 g/mol. The summed E-state index contributed by atoms with van der Waals surface area (Å²) in [5.74, 6) is 1.56. The van der Waals surface area contributed by atoms with Gasteiger partial charge >= 0.3 is 0 Å². The summed E-state index contributed by atoms with van der Waals surface area (Å²) in [5, 5.41) is 3.33. The molecule has 1 unspecified atom stereocenters. The van der Waals surface area contributed by atoms with Crippen LogP contribution >= 0.6 is 0 Å². The molecule has 2 heterocycles. The highest BCUT2D eigenvalue weighted by molar-refractivity contribution is 5.30. The molecule has 1 N–H and O–H groups in total. The normalized spacial score (nSPS) is 25.3. The Morgan fingerprint density at radius 2 is 2.12 bits per heavy atom. The maximum Gasteiger partial charge on any atom is 0.217 e. The molecule has 0 bridgehead atoms. The molecule has 2 aliphatic rings. The number of rotatable bonds is 3. The van der Waals surface area contributed by atoms with Gasteiger partial charge in [0.15, 0.2) is 0 Å². The minimum absolute atomic E-state index is 0.310. The van der Waals surface area contributed by atoms with Crippen molar-refractivity contribution in [1.82, 2.24) is 10.3 Å². The molecule has 0 aromatic carbocycles. The predicted octanol–water partition coefficient (Wildman–Crippen LogP) is 2.48. The van der Waals surface area contributed by atoms with Crippen LogP contribution < -0.4 is 10.1 Å². The Bertz CT molecular complexity index is 368. The molecule has 1 atom stereocenters. The van der Waals surface area contributed by atoms with Gasteiger partial charge in [-0.2, -0.15) is 0 Å². The minimum atomic E-state index is 0.310. The summed E-state index contributed by atoms with van der Waals surface area (Å²) in [6.07, 6.45) is 8.55. The standard InChI is InChI=1S/C14H20N2O/c1-2-5-11(4-1)13-6-3-8-16-14(13)17-12-7-9-15-10-12/h3,6,8,11-12,15H,1-2,4-5,7,9-10H2. The zero-order chi connectivity index (χ0) is 11.5. The van der Waals surface area contributed by atoms with E-state index in [0.29, 0.717) is 12.0 Å². The molecule has 1 aliphatic carbocycles. The first kappa shape index (κ1) is 11.0. The van der Waals surface area contributed by atoms with Gasteiger partial charge in [-0.25, -0.2) is 4.98 Å². The molecule has 1 aliphatic heterocycles. The van der Waals surface area contributed by atoms with Crippen LogP contribution in [0.3, 0.4) is 0 Å². The monoisotopic (exact) mass is 232 g/mol. The van der Waals surface area contributed by atoms with E-state index in [0.717, 1.165) is 25.4 Å². The number of nitrogens with zero attached hydrogens (tertiary/aromatic N) is 1. The summed E-state index contributed by atoms with van der Waals surface area (Å²) < 4.78 is 6.05. The molecule has 1 saturated carbocycles. The van der Waals surface area contributed by atoms with Crippen molar-refractivity contribution in [1.29, 1.82) is 0 Å². The molecule has 1 aromatic heterocycles. The van der Waals surface area contributed by atoms with E-state index in [1.807, 2.05) is 12.3 Å². The predicted molar refractivity (Wildman–Crippen MR) is 67.3 cm³/mol. The first-order valence-electron chi connectivity index (χ1n) is 6.76. The van der Waals surface area contributed by atoms with Crippen molar-refractivity contribution in [3.05, 3.63) is 23.9 Å². The van der Waals surface area contributed by atoms with Crippen LogP contribution in [-0.4, -0.2) is 24.2 Å². The molecule has 2 fully saturated rings. The minimum Gasteiger partial charge on any atom is -0.473 e. The second-order valence-corrected chi connectivity index (χ2v) is 5.11. The highest BCUT2D eigenvalue weighted by Crippen LogP contribution is 2.38. The van der Waals surface area contributed by atoms with Crippen LogP contribution in [-0.2, 0) is 0 Å². The van der Waals surface area contributed by atoms with Crippen LogP contribution in [0.2, 0.25) is 0 Å². The van der Waals surface area contributed by atoms with Crippen LogP contribution in [0.15, 0.2) is 18.3 Å². The average Bonchev–Trinajstić information content (AvgIpc) is 3.01. The largest absolute Gasteiger partial charge is 0.473 e. The van der Waals surface area contributed by atoms with Crippen LogP contribution in [0, 0.1) is 0 Å². The Balaban J connectivity index is 1.77. The lowest BCUT2D eigenvalue weighted by molar-refractivity contribution is 0.210.